The van der Waals surface area contributed by atoms with Gasteiger partial charge in [0.2, 0.25) is 15.9 Å². The number of carbonyl (C=O) groups is 2. The van der Waals surface area contributed by atoms with Crippen LogP contribution in [-0.4, -0.2) is 33.1 Å². The fourth-order valence-electron chi connectivity index (χ4n) is 3.06. The minimum absolute atomic E-state index is 0.174. The Bertz CT molecular complexity index is 1010. The third-order valence-electron chi connectivity index (χ3n) is 4.54. The maximum absolute atomic E-state index is 12.5. The Hall–Kier alpha value is -2.87. The number of anilines is 1. The lowest BCUT2D eigenvalue weighted by Crippen LogP contribution is -2.33. The number of nitrogens with one attached hydrogen (secondary N) is 1. The first kappa shape index (κ1) is 19.9. The van der Waals surface area contributed by atoms with Crippen molar-refractivity contribution in [3.8, 4) is 5.75 Å². The van der Waals surface area contributed by atoms with Crippen LogP contribution in [0.4, 0.5) is 5.69 Å². The smallest absolute Gasteiger partial charge is 0.251 e. The zero-order valence-corrected chi connectivity index (χ0v) is 16.7. The molecule has 2 amide bonds. The first-order chi connectivity index (χ1) is 13.1. The molecule has 3 rings (SSSR count). The first-order valence-corrected chi connectivity index (χ1v) is 10.3. The molecule has 0 saturated carbocycles. The molecule has 1 saturated heterocycles. The van der Waals surface area contributed by atoms with E-state index in [2.05, 4.69) is 5.32 Å². The van der Waals surface area contributed by atoms with Crippen molar-refractivity contribution in [2.24, 2.45) is 5.41 Å². The summed E-state index contributed by atoms with van der Waals surface area (Å²) in [6.45, 7) is 3.50. The van der Waals surface area contributed by atoms with Crippen LogP contribution in [0.1, 0.15) is 29.8 Å². The van der Waals surface area contributed by atoms with Crippen LogP contribution in [0, 0.1) is 5.41 Å². The van der Waals surface area contributed by atoms with Gasteiger partial charge in [-0.15, -0.1) is 0 Å². The standard InChI is InChI=1S/C20H22N2O5S/c1-20(2)13-28(25,26)22(19(20)24)16-6-4-5-15(11-16)18(23)21-12-14-7-9-17(27-3)10-8-14/h4-11H,12-13H2,1-3H3,(H,21,23). The van der Waals surface area contributed by atoms with E-state index in [0.29, 0.717) is 6.54 Å². The van der Waals surface area contributed by atoms with Gasteiger partial charge in [-0.3, -0.25) is 9.59 Å². The second kappa shape index (κ2) is 7.27. The first-order valence-electron chi connectivity index (χ1n) is 8.73. The summed E-state index contributed by atoms with van der Waals surface area (Å²) in [5.74, 6) is -0.390. The van der Waals surface area contributed by atoms with E-state index in [-0.39, 0.29) is 22.9 Å². The topological polar surface area (TPSA) is 92.8 Å². The van der Waals surface area contributed by atoms with Gasteiger partial charge in [-0.25, -0.2) is 12.7 Å². The SMILES string of the molecule is COc1ccc(CNC(=O)c2cccc(N3C(=O)C(C)(C)CS3(=O)=O)c2)cc1. The number of benzene rings is 2. The molecule has 1 aliphatic rings. The normalized spacial score (nSPS) is 17.4. The van der Waals surface area contributed by atoms with E-state index in [9.17, 15) is 18.0 Å². The third kappa shape index (κ3) is 3.87. The van der Waals surface area contributed by atoms with Crippen molar-refractivity contribution in [1.82, 2.24) is 5.32 Å². The van der Waals surface area contributed by atoms with Crippen molar-refractivity contribution >= 4 is 27.5 Å². The molecule has 148 valence electrons. The molecule has 28 heavy (non-hydrogen) atoms. The highest BCUT2D eigenvalue weighted by Crippen LogP contribution is 2.35. The monoisotopic (exact) mass is 402 g/mol. The van der Waals surface area contributed by atoms with Gasteiger partial charge in [-0.05, 0) is 49.7 Å². The van der Waals surface area contributed by atoms with E-state index < -0.39 is 21.3 Å². The Morgan fingerprint density at radius 2 is 1.86 bits per heavy atom. The molecular weight excluding hydrogens is 380 g/mol. The number of carbonyl (C=O) groups excluding carboxylic acids is 2. The summed E-state index contributed by atoms with van der Waals surface area (Å²) >= 11 is 0. The molecule has 0 bridgehead atoms. The Morgan fingerprint density at radius 1 is 1.18 bits per heavy atom. The van der Waals surface area contributed by atoms with Crippen molar-refractivity contribution in [2.45, 2.75) is 20.4 Å². The van der Waals surface area contributed by atoms with Crippen LogP contribution >= 0.6 is 0 Å². The van der Waals surface area contributed by atoms with E-state index in [4.69, 9.17) is 4.74 Å². The lowest BCUT2D eigenvalue weighted by molar-refractivity contribution is -0.123. The summed E-state index contributed by atoms with van der Waals surface area (Å²) in [5, 5.41) is 2.79. The van der Waals surface area contributed by atoms with E-state index in [1.165, 1.54) is 12.1 Å². The summed E-state index contributed by atoms with van der Waals surface area (Å²) < 4.78 is 30.7. The van der Waals surface area contributed by atoms with Crippen LogP contribution in [0.25, 0.3) is 0 Å². The van der Waals surface area contributed by atoms with Crippen molar-refractivity contribution in [3.05, 3.63) is 59.7 Å². The van der Waals surface area contributed by atoms with Gasteiger partial charge >= 0.3 is 0 Å². The highest BCUT2D eigenvalue weighted by molar-refractivity contribution is 7.94. The minimum Gasteiger partial charge on any atom is -0.497 e. The molecule has 2 aromatic rings. The van der Waals surface area contributed by atoms with Crippen molar-refractivity contribution in [3.63, 3.8) is 0 Å². The molecule has 0 spiro atoms. The maximum Gasteiger partial charge on any atom is 0.251 e. The number of amides is 2. The molecule has 2 aromatic carbocycles. The molecule has 1 N–H and O–H groups in total. The molecule has 1 fully saturated rings. The Kier molecular flexibility index (Phi) is 5.16. The van der Waals surface area contributed by atoms with Gasteiger partial charge in [-0.2, -0.15) is 0 Å². The number of sulfonamides is 1. The molecule has 0 atom stereocenters. The van der Waals surface area contributed by atoms with Crippen LogP contribution in [-0.2, 0) is 21.4 Å². The van der Waals surface area contributed by atoms with E-state index in [1.54, 1.807) is 45.2 Å². The molecule has 1 heterocycles. The summed E-state index contributed by atoms with van der Waals surface area (Å²) in [6.07, 6.45) is 0. The van der Waals surface area contributed by atoms with Crippen molar-refractivity contribution in [1.29, 1.82) is 0 Å². The predicted octanol–water partition coefficient (Wildman–Crippen LogP) is 2.33. The molecule has 0 aliphatic carbocycles. The average Bonchev–Trinajstić information content (AvgIpc) is 2.82. The van der Waals surface area contributed by atoms with Gasteiger partial charge in [0, 0.05) is 12.1 Å². The van der Waals surface area contributed by atoms with Gasteiger partial charge < -0.3 is 10.1 Å². The highest BCUT2D eigenvalue weighted by atomic mass is 32.2. The van der Waals surface area contributed by atoms with E-state index in [1.807, 2.05) is 12.1 Å². The number of hydrogen-bond acceptors (Lipinski definition) is 5. The van der Waals surface area contributed by atoms with Gasteiger partial charge in [-0.1, -0.05) is 18.2 Å². The summed E-state index contributed by atoms with van der Waals surface area (Å²) in [7, 11) is -2.18. The zero-order chi connectivity index (χ0) is 20.5. The van der Waals surface area contributed by atoms with Gasteiger partial charge in [0.25, 0.3) is 5.91 Å². The second-order valence-electron chi connectivity index (χ2n) is 7.29. The van der Waals surface area contributed by atoms with Crippen LogP contribution in [0.15, 0.2) is 48.5 Å². The largest absolute Gasteiger partial charge is 0.497 e. The maximum atomic E-state index is 12.5. The summed E-state index contributed by atoms with van der Waals surface area (Å²) in [4.78, 5) is 25.0. The molecule has 8 heteroatoms. The zero-order valence-electron chi connectivity index (χ0n) is 15.9. The van der Waals surface area contributed by atoms with Crippen LogP contribution in [0.5, 0.6) is 5.75 Å². The summed E-state index contributed by atoms with van der Waals surface area (Å²) in [5.41, 5.74) is 0.349. The number of hydrogen-bond donors (Lipinski definition) is 1. The lowest BCUT2D eigenvalue weighted by Gasteiger charge is -2.18. The molecule has 0 aromatic heterocycles. The fraction of sp³-hybridized carbons (Fsp3) is 0.300. The summed E-state index contributed by atoms with van der Waals surface area (Å²) in [6, 6.07) is 13.3. The lowest BCUT2D eigenvalue weighted by atomic mass is 9.95. The molecule has 0 unspecified atom stereocenters. The number of nitrogens with zero attached hydrogens (tertiary/aromatic N) is 1. The molecular formula is C20H22N2O5S. The quantitative estimate of drug-likeness (QED) is 0.829. The third-order valence-corrected chi connectivity index (χ3v) is 6.56. The minimum atomic E-state index is -3.76. The predicted molar refractivity (Wildman–Crippen MR) is 106 cm³/mol. The van der Waals surface area contributed by atoms with Crippen LogP contribution in [0.2, 0.25) is 0 Å². The second-order valence-corrected chi connectivity index (χ2v) is 9.11. The van der Waals surface area contributed by atoms with Gasteiger partial charge in [0.1, 0.15) is 5.75 Å². The van der Waals surface area contributed by atoms with Gasteiger partial charge in [0.15, 0.2) is 0 Å². The average molecular weight is 402 g/mol. The van der Waals surface area contributed by atoms with Crippen LogP contribution < -0.4 is 14.4 Å². The number of methoxy groups -OCH3 is 1. The molecule has 7 nitrogen and oxygen atoms in total. The number of ether oxygens (including phenoxy) is 1. The van der Waals surface area contributed by atoms with Crippen molar-refractivity contribution in [2.75, 3.05) is 17.2 Å². The van der Waals surface area contributed by atoms with Crippen molar-refractivity contribution < 1.29 is 22.7 Å². The fourth-order valence-corrected chi connectivity index (χ4v) is 5.16. The van der Waals surface area contributed by atoms with E-state index in [0.717, 1.165) is 15.6 Å². The van der Waals surface area contributed by atoms with Crippen LogP contribution in [0.3, 0.4) is 0 Å². The Labute approximate surface area is 164 Å². The number of rotatable bonds is 5. The Morgan fingerprint density at radius 3 is 2.43 bits per heavy atom. The van der Waals surface area contributed by atoms with Gasteiger partial charge in [0.05, 0.1) is 24.0 Å². The van der Waals surface area contributed by atoms with E-state index >= 15 is 0 Å². The molecule has 0 radical (unpaired) electrons. The highest BCUT2D eigenvalue weighted by Gasteiger charge is 2.49. The molecule has 1 aliphatic heterocycles. The Balaban J connectivity index is 1.77.